The van der Waals surface area contributed by atoms with E-state index in [1.807, 2.05) is 55.5 Å². The highest BCUT2D eigenvalue weighted by Crippen LogP contribution is 2.27. The third-order valence-electron chi connectivity index (χ3n) is 5.20. The minimum Gasteiger partial charge on any atom is -0.494 e. The lowest BCUT2D eigenvalue weighted by molar-refractivity contribution is 0.0955. The number of ether oxygens (including phenoxy) is 2. The Hall–Kier alpha value is -4.63. The minimum absolute atomic E-state index is 0.320. The molecular weight excluding hydrogens is 426 g/mol. The van der Waals surface area contributed by atoms with Crippen molar-refractivity contribution >= 4 is 22.9 Å². The highest BCUT2D eigenvalue weighted by Gasteiger charge is 2.09. The lowest BCUT2D eigenvalue weighted by atomic mass is 10.0. The molecule has 0 unspecified atom stereocenters. The number of nitrogens with zero attached hydrogens (tertiary/aromatic N) is 2. The molecular formula is C28H23N3O3. The maximum atomic E-state index is 12.5. The maximum absolute atomic E-state index is 12.5. The van der Waals surface area contributed by atoms with Gasteiger partial charge in [-0.1, -0.05) is 42.5 Å². The highest BCUT2D eigenvalue weighted by atomic mass is 16.5. The number of hydrazone groups is 1. The third kappa shape index (κ3) is 5.40. The minimum atomic E-state index is -0.320. The molecule has 0 saturated carbocycles. The van der Waals surface area contributed by atoms with Gasteiger partial charge in [0.25, 0.3) is 5.91 Å². The van der Waals surface area contributed by atoms with Gasteiger partial charge in [0.2, 0.25) is 0 Å². The van der Waals surface area contributed by atoms with E-state index in [-0.39, 0.29) is 5.91 Å². The van der Waals surface area contributed by atoms with Crippen molar-refractivity contribution < 1.29 is 14.3 Å². The van der Waals surface area contributed by atoms with Crippen molar-refractivity contribution in [1.82, 2.24) is 5.43 Å². The summed E-state index contributed by atoms with van der Waals surface area (Å²) in [5, 5.41) is 15.2. The normalized spacial score (nSPS) is 10.7. The van der Waals surface area contributed by atoms with E-state index in [1.165, 1.54) is 0 Å². The van der Waals surface area contributed by atoms with E-state index < -0.39 is 0 Å². The summed E-state index contributed by atoms with van der Waals surface area (Å²) in [7, 11) is 0. The van der Waals surface area contributed by atoms with Gasteiger partial charge in [0, 0.05) is 11.1 Å². The first-order valence-corrected chi connectivity index (χ1v) is 10.9. The van der Waals surface area contributed by atoms with Gasteiger partial charge in [0.05, 0.1) is 24.5 Å². The Balaban J connectivity index is 1.53. The van der Waals surface area contributed by atoms with Crippen LogP contribution in [0.1, 0.15) is 34.0 Å². The lowest BCUT2D eigenvalue weighted by Crippen LogP contribution is -2.17. The molecule has 0 bridgehead atoms. The first kappa shape index (κ1) is 22.6. The fraction of sp³-hybridized carbons (Fsp3) is 0.107. The average molecular weight is 450 g/mol. The van der Waals surface area contributed by atoms with Gasteiger partial charge >= 0.3 is 0 Å². The number of fused-ring (bicyclic) bond motifs is 1. The summed E-state index contributed by atoms with van der Waals surface area (Å²) >= 11 is 0. The van der Waals surface area contributed by atoms with Gasteiger partial charge in [-0.25, -0.2) is 5.43 Å². The van der Waals surface area contributed by atoms with E-state index in [0.717, 1.165) is 21.9 Å². The zero-order chi connectivity index (χ0) is 23.8. The topological polar surface area (TPSA) is 83.7 Å². The van der Waals surface area contributed by atoms with Crippen molar-refractivity contribution in [1.29, 1.82) is 5.26 Å². The predicted molar refractivity (Wildman–Crippen MR) is 132 cm³/mol. The Morgan fingerprint density at radius 2 is 1.74 bits per heavy atom. The van der Waals surface area contributed by atoms with E-state index >= 15 is 0 Å². The van der Waals surface area contributed by atoms with Crippen LogP contribution >= 0.6 is 0 Å². The molecule has 0 aliphatic rings. The molecule has 6 heteroatoms. The van der Waals surface area contributed by atoms with Crippen LogP contribution in [0.2, 0.25) is 0 Å². The zero-order valence-corrected chi connectivity index (χ0v) is 18.7. The summed E-state index contributed by atoms with van der Waals surface area (Å²) in [5.74, 6) is 1.03. The Morgan fingerprint density at radius 1 is 0.971 bits per heavy atom. The molecule has 0 atom stereocenters. The van der Waals surface area contributed by atoms with E-state index in [0.29, 0.717) is 35.8 Å². The summed E-state index contributed by atoms with van der Waals surface area (Å²) < 4.78 is 11.5. The van der Waals surface area contributed by atoms with Crippen LogP contribution in [-0.4, -0.2) is 18.7 Å². The quantitative estimate of drug-likeness (QED) is 0.286. The number of benzene rings is 4. The largest absolute Gasteiger partial charge is 0.494 e. The van der Waals surface area contributed by atoms with Crippen LogP contribution in [0, 0.1) is 11.3 Å². The van der Waals surface area contributed by atoms with Crippen molar-refractivity contribution in [2.24, 2.45) is 5.10 Å². The van der Waals surface area contributed by atoms with Gasteiger partial charge in [-0.3, -0.25) is 4.79 Å². The van der Waals surface area contributed by atoms with E-state index in [9.17, 15) is 4.79 Å². The maximum Gasteiger partial charge on any atom is 0.271 e. The summed E-state index contributed by atoms with van der Waals surface area (Å²) in [6.07, 6.45) is 1.60. The molecule has 1 N–H and O–H groups in total. The Morgan fingerprint density at radius 3 is 2.47 bits per heavy atom. The molecule has 0 radical (unpaired) electrons. The fourth-order valence-electron chi connectivity index (χ4n) is 3.46. The van der Waals surface area contributed by atoms with Gasteiger partial charge in [-0.15, -0.1) is 0 Å². The number of rotatable bonds is 8. The van der Waals surface area contributed by atoms with Crippen LogP contribution in [-0.2, 0) is 6.61 Å². The standard InChI is InChI=1S/C28H23N3O3/c1-2-33-24-14-11-23(12-15-24)28(32)31-30-18-26-25-6-4-3-5-22(25)13-16-27(26)34-19-21-9-7-20(17-29)8-10-21/h3-16,18H,2,19H2,1H3,(H,31,32)/b30-18+. The third-order valence-corrected chi connectivity index (χ3v) is 5.20. The number of nitriles is 1. The molecule has 0 aromatic heterocycles. The van der Waals surface area contributed by atoms with Crippen LogP contribution < -0.4 is 14.9 Å². The number of amides is 1. The molecule has 168 valence electrons. The van der Waals surface area contributed by atoms with Crippen molar-refractivity contribution in [2.75, 3.05) is 6.61 Å². The molecule has 6 nitrogen and oxygen atoms in total. The molecule has 0 fully saturated rings. The molecule has 4 aromatic rings. The molecule has 4 rings (SSSR count). The van der Waals surface area contributed by atoms with E-state index in [2.05, 4.69) is 16.6 Å². The summed E-state index contributed by atoms with van der Waals surface area (Å²) in [4.78, 5) is 12.5. The monoisotopic (exact) mass is 449 g/mol. The molecule has 0 aliphatic heterocycles. The number of carbonyl (C=O) groups is 1. The van der Waals surface area contributed by atoms with Crippen LogP contribution in [0.3, 0.4) is 0 Å². The number of hydrogen-bond acceptors (Lipinski definition) is 5. The first-order chi connectivity index (χ1) is 16.7. The smallest absolute Gasteiger partial charge is 0.271 e. The predicted octanol–water partition coefficient (Wildman–Crippen LogP) is 5.45. The molecule has 1 amide bonds. The fourth-order valence-corrected chi connectivity index (χ4v) is 3.46. The molecule has 0 saturated heterocycles. The van der Waals surface area contributed by atoms with Crippen LogP contribution in [0.5, 0.6) is 11.5 Å². The van der Waals surface area contributed by atoms with Crippen LogP contribution in [0.25, 0.3) is 10.8 Å². The van der Waals surface area contributed by atoms with E-state index in [4.69, 9.17) is 14.7 Å². The first-order valence-electron chi connectivity index (χ1n) is 10.9. The SMILES string of the molecule is CCOc1ccc(C(=O)N/N=C/c2c(OCc3ccc(C#N)cc3)ccc3ccccc23)cc1. The molecule has 34 heavy (non-hydrogen) atoms. The van der Waals surface area contributed by atoms with Crippen molar-refractivity contribution in [3.63, 3.8) is 0 Å². The van der Waals surface area contributed by atoms with Gasteiger partial charge < -0.3 is 9.47 Å². The van der Waals surface area contributed by atoms with Crippen LogP contribution in [0.4, 0.5) is 0 Å². The highest BCUT2D eigenvalue weighted by molar-refractivity contribution is 6.03. The van der Waals surface area contributed by atoms with Crippen LogP contribution in [0.15, 0.2) is 90.0 Å². The van der Waals surface area contributed by atoms with Crippen molar-refractivity contribution in [3.8, 4) is 17.6 Å². The molecule has 0 heterocycles. The molecule has 0 spiro atoms. The number of hydrogen-bond donors (Lipinski definition) is 1. The summed E-state index contributed by atoms with van der Waals surface area (Å²) in [6, 6.07) is 28.0. The molecule has 4 aromatic carbocycles. The second-order valence-corrected chi connectivity index (χ2v) is 7.45. The number of nitrogens with one attached hydrogen (secondary N) is 1. The second-order valence-electron chi connectivity index (χ2n) is 7.45. The summed E-state index contributed by atoms with van der Waals surface area (Å²) in [5.41, 5.74) is 5.37. The average Bonchev–Trinajstić information content (AvgIpc) is 2.89. The molecule has 0 aliphatic carbocycles. The zero-order valence-electron chi connectivity index (χ0n) is 18.7. The van der Waals surface area contributed by atoms with Gasteiger partial charge in [0.1, 0.15) is 18.1 Å². The number of carbonyl (C=O) groups excluding carboxylic acids is 1. The Labute approximate surface area is 198 Å². The lowest BCUT2D eigenvalue weighted by Gasteiger charge is -2.12. The Bertz CT molecular complexity index is 1350. The van der Waals surface area contributed by atoms with E-state index in [1.54, 1.807) is 42.6 Å². The van der Waals surface area contributed by atoms with Gasteiger partial charge in [0.15, 0.2) is 0 Å². The van der Waals surface area contributed by atoms with Gasteiger partial charge in [-0.2, -0.15) is 10.4 Å². The van der Waals surface area contributed by atoms with Crippen molar-refractivity contribution in [3.05, 3.63) is 107 Å². The van der Waals surface area contributed by atoms with Crippen molar-refractivity contribution in [2.45, 2.75) is 13.5 Å². The Kier molecular flexibility index (Phi) is 7.16. The second kappa shape index (κ2) is 10.8. The van der Waals surface area contributed by atoms with Gasteiger partial charge in [-0.05, 0) is 65.7 Å². The summed E-state index contributed by atoms with van der Waals surface area (Å²) in [6.45, 7) is 2.81.